The van der Waals surface area contributed by atoms with E-state index in [4.69, 9.17) is 4.74 Å². The van der Waals surface area contributed by atoms with Gasteiger partial charge in [0, 0.05) is 26.7 Å². The van der Waals surface area contributed by atoms with Crippen LogP contribution in [0.15, 0.2) is 47.4 Å². The van der Waals surface area contributed by atoms with Crippen LogP contribution < -0.4 is 14.4 Å². The highest BCUT2D eigenvalue weighted by atomic mass is 32.2. The van der Waals surface area contributed by atoms with E-state index in [1.54, 1.807) is 30.3 Å². The van der Waals surface area contributed by atoms with Gasteiger partial charge >= 0.3 is 0 Å². The zero-order chi connectivity index (χ0) is 24.2. The Labute approximate surface area is 195 Å². The maximum Gasteiger partial charge on any atom is 0.255 e. The maximum absolute atomic E-state index is 12.8. The number of ether oxygens (including phenoxy) is 1. The number of methoxy groups -OCH3 is 1. The summed E-state index contributed by atoms with van der Waals surface area (Å²) in [4.78, 5) is 13.0. The van der Waals surface area contributed by atoms with Crippen molar-refractivity contribution < 1.29 is 26.4 Å². The van der Waals surface area contributed by atoms with E-state index in [9.17, 15) is 21.6 Å². The number of hydrogen-bond acceptors (Lipinski definition) is 6. The molecule has 0 saturated carbocycles. The number of amides is 1. The lowest BCUT2D eigenvalue weighted by molar-refractivity contribution is 0.0948. The van der Waals surface area contributed by atoms with E-state index in [-0.39, 0.29) is 17.0 Å². The van der Waals surface area contributed by atoms with Gasteiger partial charge in [-0.25, -0.2) is 16.8 Å². The minimum atomic E-state index is -3.51. The van der Waals surface area contributed by atoms with Crippen LogP contribution in [-0.2, 0) is 26.6 Å². The number of nitrogens with one attached hydrogen (secondary N) is 1. The standard InChI is InChI=1S/C22H29N3O6S2/c1-24(32(3,27)28)18-9-12-21(31-2)20(15-18)22(26)23-16-17-7-10-19(11-8-17)33(29,30)25-13-5-4-6-14-25/h7-12,15H,4-6,13-14,16H2,1-3H3,(H,23,26). The predicted octanol–water partition coefficient (Wildman–Crippen LogP) is 2.20. The second-order valence-corrected chi connectivity index (χ2v) is 11.9. The van der Waals surface area contributed by atoms with Gasteiger partial charge in [-0.1, -0.05) is 18.6 Å². The molecule has 0 bridgehead atoms. The maximum atomic E-state index is 12.8. The van der Waals surface area contributed by atoms with Crippen molar-refractivity contribution in [3.8, 4) is 5.75 Å². The Hall–Kier alpha value is -2.63. The zero-order valence-electron chi connectivity index (χ0n) is 18.9. The van der Waals surface area contributed by atoms with Crippen molar-refractivity contribution >= 4 is 31.6 Å². The van der Waals surface area contributed by atoms with Gasteiger partial charge in [-0.15, -0.1) is 0 Å². The fourth-order valence-corrected chi connectivity index (χ4v) is 5.59. The molecule has 1 saturated heterocycles. The van der Waals surface area contributed by atoms with E-state index in [2.05, 4.69) is 5.32 Å². The topological polar surface area (TPSA) is 113 Å². The van der Waals surface area contributed by atoms with Crippen LogP contribution in [0.25, 0.3) is 0 Å². The second kappa shape index (κ2) is 10.1. The molecule has 0 aliphatic carbocycles. The Balaban J connectivity index is 1.72. The molecule has 1 aliphatic rings. The quantitative estimate of drug-likeness (QED) is 0.601. The average molecular weight is 496 g/mol. The normalized spacial score (nSPS) is 15.1. The molecule has 1 heterocycles. The molecule has 1 fully saturated rings. The van der Waals surface area contributed by atoms with Crippen LogP contribution in [0.1, 0.15) is 35.2 Å². The van der Waals surface area contributed by atoms with Gasteiger partial charge in [0.05, 0.1) is 29.5 Å². The van der Waals surface area contributed by atoms with E-state index in [0.717, 1.165) is 35.4 Å². The van der Waals surface area contributed by atoms with Gasteiger partial charge in [0.15, 0.2) is 0 Å². The van der Waals surface area contributed by atoms with Gasteiger partial charge in [0.1, 0.15) is 5.75 Å². The Morgan fingerprint density at radius 1 is 1.03 bits per heavy atom. The molecule has 0 unspecified atom stereocenters. The average Bonchev–Trinajstić information content (AvgIpc) is 2.81. The van der Waals surface area contributed by atoms with Crippen LogP contribution in [0.5, 0.6) is 5.75 Å². The van der Waals surface area contributed by atoms with Crippen molar-refractivity contribution in [3.05, 3.63) is 53.6 Å². The molecular weight excluding hydrogens is 466 g/mol. The predicted molar refractivity (Wildman–Crippen MR) is 126 cm³/mol. The first-order chi connectivity index (χ1) is 15.5. The van der Waals surface area contributed by atoms with Crippen LogP contribution in [0, 0.1) is 0 Å². The molecule has 2 aromatic carbocycles. The molecule has 0 aromatic heterocycles. The first-order valence-corrected chi connectivity index (χ1v) is 13.8. The smallest absolute Gasteiger partial charge is 0.255 e. The molecule has 2 aromatic rings. The summed E-state index contributed by atoms with van der Waals surface area (Å²) in [6, 6.07) is 11.0. The Kier molecular flexibility index (Phi) is 7.65. The number of benzene rings is 2. The lowest BCUT2D eigenvalue weighted by atomic mass is 10.1. The Bertz CT molecular complexity index is 1210. The molecule has 180 valence electrons. The van der Waals surface area contributed by atoms with Crippen molar-refractivity contribution in [2.24, 2.45) is 0 Å². The minimum Gasteiger partial charge on any atom is -0.496 e. The number of piperidine rings is 1. The first kappa shape index (κ1) is 25.0. The number of hydrogen-bond donors (Lipinski definition) is 1. The van der Waals surface area contributed by atoms with Crippen LogP contribution in [0.3, 0.4) is 0 Å². The van der Waals surface area contributed by atoms with Crippen LogP contribution in [0.4, 0.5) is 5.69 Å². The van der Waals surface area contributed by atoms with E-state index in [0.29, 0.717) is 24.5 Å². The summed E-state index contributed by atoms with van der Waals surface area (Å²) in [5.41, 5.74) is 1.25. The third-order valence-corrected chi connectivity index (χ3v) is 8.74. The van der Waals surface area contributed by atoms with Gasteiger partial charge in [0.25, 0.3) is 5.91 Å². The molecule has 0 atom stereocenters. The third kappa shape index (κ3) is 5.84. The highest BCUT2D eigenvalue weighted by molar-refractivity contribution is 7.92. The third-order valence-electron chi connectivity index (χ3n) is 5.62. The van der Waals surface area contributed by atoms with Crippen LogP contribution in [-0.4, -0.2) is 60.6 Å². The largest absolute Gasteiger partial charge is 0.496 e. The summed E-state index contributed by atoms with van der Waals surface area (Å²) in [7, 11) is -4.18. The molecule has 11 heteroatoms. The molecule has 3 rings (SSSR count). The van der Waals surface area contributed by atoms with Crippen molar-refractivity contribution in [2.75, 3.05) is 37.8 Å². The van der Waals surface area contributed by atoms with Gasteiger partial charge in [-0.05, 0) is 48.7 Å². The van der Waals surface area contributed by atoms with Crippen molar-refractivity contribution in [3.63, 3.8) is 0 Å². The molecule has 1 aliphatic heterocycles. The Morgan fingerprint density at radius 2 is 1.67 bits per heavy atom. The van der Waals surface area contributed by atoms with Crippen molar-refractivity contribution in [1.82, 2.24) is 9.62 Å². The summed E-state index contributed by atoms with van der Waals surface area (Å²) >= 11 is 0. The highest BCUT2D eigenvalue weighted by Gasteiger charge is 2.25. The van der Waals surface area contributed by atoms with E-state index >= 15 is 0 Å². The number of nitrogens with zero attached hydrogens (tertiary/aromatic N) is 2. The van der Waals surface area contributed by atoms with E-state index < -0.39 is 26.0 Å². The summed E-state index contributed by atoms with van der Waals surface area (Å²) in [6.07, 6.45) is 3.86. The number of sulfonamides is 2. The summed E-state index contributed by atoms with van der Waals surface area (Å²) in [6.45, 7) is 1.24. The minimum absolute atomic E-state index is 0.165. The van der Waals surface area contributed by atoms with Gasteiger partial charge in [-0.3, -0.25) is 9.10 Å². The molecule has 1 N–H and O–H groups in total. The van der Waals surface area contributed by atoms with Crippen molar-refractivity contribution in [1.29, 1.82) is 0 Å². The van der Waals surface area contributed by atoms with E-state index in [1.807, 2.05) is 0 Å². The SMILES string of the molecule is COc1ccc(N(C)S(C)(=O)=O)cc1C(=O)NCc1ccc(S(=O)(=O)N2CCCCC2)cc1. The molecule has 1 amide bonds. The van der Waals surface area contributed by atoms with Gasteiger partial charge in [-0.2, -0.15) is 4.31 Å². The van der Waals surface area contributed by atoms with Crippen LogP contribution >= 0.6 is 0 Å². The van der Waals surface area contributed by atoms with Crippen molar-refractivity contribution in [2.45, 2.75) is 30.7 Å². The molecule has 33 heavy (non-hydrogen) atoms. The number of anilines is 1. The van der Waals surface area contributed by atoms with E-state index in [1.165, 1.54) is 30.6 Å². The highest BCUT2D eigenvalue weighted by Crippen LogP contribution is 2.26. The molecular formula is C22H29N3O6S2. The zero-order valence-corrected chi connectivity index (χ0v) is 20.6. The fourth-order valence-electron chi connectivity index (χ4n) is 3.57. The Morgan fingerprint density at radius 3 is 2.24 bits per heavy atom. The van der Waals surface area contributed by atoms with Crippen LogP contribution in [0.2, 0.25) is 0 Å². The summed E-state index contributed by atoms with van der Waals surface area (Å²) in [5.74, 6) is -0.137. The monoisotopic (exact) mass is 495 g/mol. The summed E-state index contributed by atoms with van der Waals surface area (Å²) in [5, 5.41) is 2.77. The summed E-state index contributed by atoms with van der Waals surface area (Å²) < 4.78 is 57.0. The lowest BCUT2D eigenvalue weighted by Gasteiger charge is -2.25. The van der Waals surface area contributed by atoms with Gasteiger partial charge in [0.2, 0.25) is 20.0 Å². The fraction of sp³-hybridized carbons (Fsp3) is 0.409. The lowest BCUT2D eigenvalue weighted by Crippen LogP contribution is -2.35. The molecule has 9 nitrogen and oxygen atoms in total. The molecule has 0 spiro atoms. The number of carbonyl (C=O) groups excluding carboxylic acids is 1. The molecule has 0 radical (unpaired) electrons. The number of carbonyl (C=O) groups is 1. The van der Waals surface area contributed by atoms with Gasteiger partial charge < -0.3 is 10.1 Å². The number of rotatable bonds is 8. The first-order valence-electron chi connectivity index (χ1n) is 10.5. The second-order valence-electron chi connectivity index (χ2n) is 7.91.